The quantitative estimate of drug-likeness (QED) is 0.723. The van der Waals surface area contributed by atoms with E-state index in [9.17, 15) is 10.1 Å². The predicted molar refractivity (Wildman–Crippen MR) is 77.6 cm³/mol. The SMILES string of the molecule is N#C[C@@H](c1ccccn1)c1nc(=O)c2ccccc2s1. The Kier molecular flexibility index (Phi) is 3.23. The van der Waals surface area contributed by atoms with Gasteiger partial charge in [0.25, 0.3) is 5.56 Å². The minimum Gasteiger partial charge on any atom is -0.267 e. The van der Waals surface area contributed by atoms with Crippen LogP contribution in [0.1, 0.15) is 16.6 Å². The van der Waals surface area contributed by atoms with Gasteiger partial charge in [-0.1, -0.05) is 18.2 Å². The second kappa shape index (κ2) is 5.19. The van der Waals surface area contributed by atoms with E-state index in [-0.39, 0.29) is 5.56 Å². The molecule has 0 radical (unpaired) electrons. The van der Waals surface area contributed by atoms with Gasteiger partial charge in [0.05, 0.1) is 17.1 Å². The minimum atomic E-state index is -0.612. The Morgan fingerprint density at radius 3 is 2.70 bits per heavy atom. The lowest BCUT2D eigenvalue weighted by atomic mass is 10.1. The number of pyridine rings is 1. The normalized spacial score (nSPS) is 11.9. The minimum absolute atomic E-state index is 0.300. The monoisotopic (exact) mass is 279 g/mol. The third-order valence-electron chi connectivity index (χ3n) is 2.90. The fourth-order valence-corrected chi connectivity index (χ4v) is 3.00. The van der Waals surface area contributed by atoms with Crippen LogP contribution in [0.2, 0.25) is 0 Å². The Hall–Kier alpha value is -2.58. The largest absolute Gasteiger partial charge is 0.279 e. The molecule has 1 atom stereocenters. The highest BCUT2D eigenvalue weighted by Crippen LogP contribution is 2.26. The molecule has 0 aliphatic rings. The first-order valence-corrected chi connectivity index (χ1v) is 6.81. The molecule has 0 unspecified atom stereocenters. The molecule has 96 valence electrons. The Labute approximate surface area is 119 Å². The maximum Gasteiger partial charge on any atom is 0.279 e. The van der Waals surface area contributed by atoms with Gasteiger partial charge in [-0.15, -0.1) is 11.3 Å². The summed E-state index contributed by atoms with van der Waals surface area (Å²) in [5, 5.41) is 10.4. The fourth-order valence-electron chi connectivity index (χ4n) is 1.95. The second-order valence-corrected chi connectivity index (χ2v) is 5.23. The van der Waals surface area contributed by atoms with Gasteiger partial charge in [0, 0.05) is 10.9 Å². The van der Waals surface area contributed by atoms with Crippen LogP contribution < -0.4 is 5.56 Å². The van der Waals surface area contributed by atoms with E-state index in [0.29, 0.717) is 16.1 Å². The smallest absolute Gasteiger partial charge is 0.267 e. The molecule has 2 aromatic heterocycles. The molecule has 5 heteroatoms. The van der Waals surface area contributed by atoms with Crippen molar-refractivity contribution in [3.05, 3.63) is 69.7 Å². The standard InChI is InChI=1S/C15H9N3OS/c16-9-11(12-6-3-4-8-17-12)15-18-14(19)10-5-1-2-7-13(10)20-15/h1-8,11H/t11-/m0/s1. The summed E-state index contributed by atoms with van der Waals surface area (Å²) in [6.07, 6.45) is 1.63. The Bertz CT molecular complexity index is 852. The Balaban J connectivity index is 2.19. The molecular weight excluding hydrogens is 270 g/mol. The second-order valence-electron chi connectivity index (χ2n) is 4.17. The summed E-state index contributed by atoms with van der Waals surface area (Å²) < 4.78 is 0.832. The van der Waals surface area contributed by atoms with Gasteiger partial charge in [-0.3, -0.25) is 9.78 Å². The van der Waals surface area contributed by atoms with Crippen molar-refractivity contribution in [3.8, 4) is 6.07 Å². The van der Waals surface area contributed by atoms with E-state index in [1.165, 1.54) is 11.3 Å². The third kappa shape index (κ3) is 2.17. The lowest BCUT2D eigenvalue weighted by Crippen LogP contribution is -2.11. The van der Waals surface area contributed by atoms with Crippen LogP contribution in [0.25, 0.3) is 10.1 Å². The van der Waals surface area contributed by atoms with Crippen molar-refractivity contribution in [2.75, 3.05) is 0 Å². The molecule has 2 heterocycles. The van der Waals surface area contributed by atoms with Gasteiger partial charge in [-0.05, 0) is 24.3 Å². The summed E-state index contributed by atoms with van der Waals surface area (Å²) >= 11 is 1.35. The van der Waals surface area contributed by atoms with Crippen LogP contribution in [0.4, 0.5) is 0 Å². The van der Waals surface area contributed by atoms with Crippen LogP contribution in [0.15, 0.2) is 53.5 Å². The number of hydrogen-bond donors (Lipinski definition) is 0. The van der Waals surface area contributed by atoms with Gasteiger partial charge in [0.2, 0.25) is 0 Å². The maximum absolute atomic E-state index is 12.0. The number of benzene rings is 1. The van der Waals surface area contributed by atoms with Gasteiger partial charge in [0.15, 0.2) is 0 Å². The topological polar surface area (TPSA) is 66.6 Å². The first-order chi connectivity index (χ1) is 9.79. The average molecular weight is 279 g/mol. The van der Waals surface area contributed by atoms with Gasteiger partial charge < -0.3 is 0 Å². The van der Waals surface area contributed by atoms with E-state index < -0.39 is 5.92 Å². The molecule has 20 heavy (non-hydrogen) atoms. The Morgan fingerprint density at radius 1 is 1.15 bits per heavy atom. The molecule has 0 aliphatic carbocycles. The summed E-state index contributed by atoms with van der Waals surface area (Å²) in [6, 6.07) is 14.8. The zero-order valence-corrected chi connectivity index (χ0v) is 11.2. The number of fused-ring (bicyclic) bond motifs is 1. The molecule has 3 rings (SSSR count). The first-order valence-electron chi connectivity index (χ1n) is 6.00. The zero-order chi connectivity index (χ0) is 13.9. The van der Waals surface area contributed by atoms with Crippen molar-refractivity contribution >= 4 is 21.4 Å². The van der Waals surface area contributed by atoms with E-state index in [1.807, 2.05) is 18.2 Å². The van der Waals surface area contributed by atoms with Crippen molar-refractivity contribution < 1.29 is 0 Å². The van der Waals surface area contributed by atoms with E-state index >= 15 is 0 Å². The van der Waals surface area contributed by atoms with Gasteiger partial charge in [0.1, 0.15) is 10.9 Å². The van der Waals surface area contributed by atoms with Crippen molar-refractivity contribution in [3.63, 3.8) is 0 Å². The molecule has 0 aliphatic heterocycles. The molecule has 0 bridgehead atoms. The third-order valence-corrected chi connectivity index (χ3v) is 4.02. The molecule has 0 amide bonds. The number of hydrogen-bond acceptors (Lipinski definition) is 5. The lowest BCUT2D eigenvalue weighted by molar-refractivity contribution is 0.938. The van der Waals surface area contributed by atoms with E-state index in [4.69, 9.17) is 0 Å². The fraction of sp³-hybridized carbons (Fsp3) is 0.0667. The first kappa shape index (κ1) is 12.5. The van der Waals surface area contributed by atoms with Crippen molar-refractivity contribution in [2.24, 2.45) is 0 Å². The summed E-state index contributed by atoms with van der Waals surface area (Å²) in [7, 11) is 0. The van der Waals surface area contributed by atoms with Gasteiger partial charge >= 0.3 is 0 Å². The molecule has 4 nitrogen and oxygen atoms in total. The number of aromatic nitrogens is 2. The van der Waals surface area contributed by atoms with Gasteiger partial charge in [-0.2, -0.15) is 5.26 Å². The maximum atomic E-state index is 12.0. The summed E-state index contributed by atoms with van der Waals surface area (Å²) in [5.41, 5.74) is 0.305. The van der Waals surface area contributed by atoms with Crippen LogP contribution in [-0.4, -0.2) is 9.97 Å². The highest BCUT2D eigenvalue weighted by Gasteiger charge is 2.18. The summed E-state index contributed by atoms with van der Waals surface area (Å²) in [5.74, 6) is -0.612. The highest BCUT2D eigenvalue weighted by atomic mass is 32.1. The van der Waals surface area contributed by atoms with Crippen LogP contribution in [0, 0.1) is 11.3 Å². The van der Waals surface area contributed by atoms with Crippen molar-refractivity contribution in [1.82, 2.24) is 9.97 Å². The van der Waals surface area contributed by atoms with E-state index in [2.05, 4.69) is 16.0 Å². The van der Waals surface area contributed by atoms with E-state index in [0.717, 1.165) is 4.70 Å². The van der Waals surface area contributed by atoms with Crippen LogP contribution in [0.3, 0.4) is 0 Å². The van der Waals surface area contributed by atoms with Gasteiger partial charge in [-0.25, -0.2) is 4.98 Å². The summed E-state index contributed by atoms with van der Waals surface area (Å²) in [6.45, 7) is 0. The molecule has 0 N–H and O–H groups in total. The molecular formula is C15H9N3OS. The molecule has 0 saturated heterocycles. The Morgan fingerprint density at radius 2 is 1.95 bits per heavy atom. The van der Waals surface area contributed by atoms with Crippen LogP contribution in [0.5, 0.6) is 0 Å². The predicted octanol–water partition coefficient (Wildman–Crippen LogP) is 2.71. The molecule has 0 spiro atoms. The highest BCUT2D eigenvalue weighted by molar-refractivity contribution is 7.18. The zero-order valence-electron chi connectivity index (χ0n) is 10.4. The molecule has 1 aromatic carbocycles. The molecule has 0 saturated carbocycles. The summed E-state index contributed by atoms with van der Waals surface area (Å²) in [4.78, 5) is 20.2. The van der Waals surface area contributed by atoms with Crippen LogP contribution in [-0.2, 0) is 0 Å². The van der Waals surface area contributed by atoms with Crippen LogP contribution >= 0.6 is 11.3 Å². The van der Waals surface area contributed by atoms with Crippen molar-refractivity contribution in [2.45, 2.75) is 5.92 Å². The molecule has 0 fully saturated rings. The number of rotatable bonds is 2. The number of nitrogens with zero attached hydrogens (tertiary/aromatic N) is 3. The average Bonchev–Trinajstić information content (AvgIpc) is 2.49. The van der Waals surface area contributed by atoms with Crippen molar-refractivity contribution in [1.29, 1.82) is 5.26 Å². The lowest BCUT2D eigenvalue weighted by Gasteiger charge is -2.07. The van der Waals surface area contributed by atoms with E-state index in [1.54, 1.807) is 30.5 Å². The number of nitriles is 1. The molecule has 3 aromatic rings.